The largest absolute Gasteiger partial charge is 0.269 e. The highest BCUT2D eigenvalue weighted by Crippen LogP contribution is 2.37. The number of amides is 2. The Kier molecular flexibility index (Phi) is 3.30. The Morgan fingerprint density at radius 2 is 1.83 bits per heavy atom. The number of imide groups is 1. The molecule has 0 fully saturated rings. The van der Waals surface area contributed by atoms with E-state index in [1.807, 2.05) is 0 Å². The summed E-state index contributed by atoms with van der Waals surface area (Å²) < 4.78 is 16.1. The summed E-state index contributed by atoms with van der Waals surface area (Å²) in [5.74, 6) is -1.47. The molecule has 7 heteroatoms. The van der Waals surface area contributed by atoms with Crippen LogP contribution < -0.4 is 4.90 Å². The predicted octanol–water partition coefficient (Wildman–Crippen LogP) is 2.50. The Hall–Kier alpha value is -2.83. The summed E-state index contributed by atoms with van der Waals surface area (Å²) in [6.45, 7) is 4.05. The van der Waals surface area contributed by atoms with Crippen molar-refractivity contribution in [3.8, 4) is 0 Å². The molecule has 4 rings (SSSR count). The van der Waals surface area contributed by atoms with Crippen LogP contribution >= 0.6 is 0 Å². The van der Waals surface area contributed by atoms with E-state index in [9.17, 15) is 14.0 Å². The number of fused-ring (bicyclic) bond motifs is 1. The number of hydrogen-bond donors (Lipinski definition) is 0. The molecule has 0 unspecified atom stereocenters. The highest BCUT2D eigenvalue weighted by atomic mass is 19.1. The number of rotatable bonds is 3. The fourth-order valence-corrected chi connectivity index (χ4v) is 3.36. The lowest BCUT2D eigenvalue weighted by molar-refractivity contribution is -0.120. The van der Waals surface area contributed by atoms with E-state index < -0.39 is 17.6 Å². The first-order valence-corrected chi connectivity index (χ1v) is 7.86. The van der Waals surface area contributed by atoms with E-state index >= 15 is 0 Å². The smallest absolute Gasteiger partial charge is 0.261 e. The number of allylic oxidation sites excluding steroid dienone is 1. The Labute approximate surface area is 137 Å². The molecule has 2 aromatic rings. The fraction of sp³-hybridized carbons (Fsp3) is 0.294. The van der Waals surface area contributed by atoms with Crippen LogP contribution in [0, 0.1) is 5.82 Å². The minimum absolute atomic E-state index is 0.0421. The van der Waals surface area contributed by atoms with Gasteiger partial charge in [0.05, 0.1) is 17.7 Å². The van der Waals surface area contributed by atoms with Crippen molar-refractivity contribution in [2.45, 2.75) is 32.2 Å². The summed E-state index contributed by atoms with van der Waals surface area (Å²) in [5, 5.41) is 7.84. The molecule has 0 spiro atoms. The molecule has 0 saturated carbocycles. The van der Waals surface area contributed by atoms with Gasteiger partial charge in [0.2, 0.25) is 0 Å². The maximum Gasteiger partial charge on any atom is 0.261 e. The topological polar surface area (TPSA) is 68.1 Å². The van der Waals surface area contributed by atoms with Crippen molar-refractivity contribution in [3.63, 3.8) is 0 Å². The van der Waals surface area contributed by atoms with Gasteiger partial charge in [-0.3, -0.25) is 9.59 Å². The molecule has 1 aliphatic heterocycles. The van der Waals surface area contributed by atoms with Crippen molar-refractivity contribution >= 4 is 28.5 Å². The number of carbonyl (C=O) groups is 2. The zero-order valence-electron chi connectivity index (χ0n) is 13.0. The van der Waals surface area contributed by atoms with Crippen molar-refractivity contribution in [2.75, 3.05) is 4.90 Å². The van der Waals surface area contributed by atoms with E-state index in [1.165, 1.54) is 12.1 Å². The normalized spacial score (nSPS) is 17.8. The van der Waals surface area contributed by atoms with Crippen molar-refractivity contribution < 1.29 is 14.0 Å². The van der Waals surface area contributed by atoms with Gasteiger partial charge in [-0.1, -0.05) is 11.3 Å². The SMILES string of the molecule is C=CCn1nnc2cc(F)c(N3C(=O)C4=C(CCCC4)C3=O)cc21. The van der Waals surface area contributed by atoms with Crippen LogP contribution in [0.5, 0.6) is 0 Å². The monoisotopic (exact) mass is 326 g/mol. The molecule has 0 N–H and O–H groups in total. The van der Waals surface area contributed by atoms with Gasteiger partial charge < -0.3 is 0 Å². The summed E-state index contributed by atoms with van der Waals surface area (Å²) in [6, 6.07) is 2.66. The van der Waals surface area contributed by atoms with Gasteiger partial charge in [0.25, 0.3) is 11.8 Å². The number of aromatic nitrogens is 3. The molecular formula is C17H15FN4O2. The van der Waals surface area contributed by atoms with Gasteiger partial charge in [0.15, 0.2) is 0 Å². The molecule has 1 aliphatic carbocycles. The summed E-state index contributed by atoms with van der Waals surface area (Å²) in [4.78, 5) is 26.2. The minimum atomic E-state index is -0.658. The second-order valence-electron chi connectivity index (χ2n) is 5.96. The van der Waals surface area contributed by atoms with Crippen molar-refractivity contribution in [3.05, 3.63) is 41.8 Å². The first-order valence-electron chi connectivity index (χ1n) is 7.86. The van der Waals surface area contributed by atoms with E-state index in [0.717, 1.165) is 17.7 Å². The number of anilines is 1. The molecule has 2 heterocycles. The maximum absolute atomic E-state index is 14.5. The maximum atomic E-state index is 14.5. The highest BCUT2D eigenvalue weighted by molar-refractivity contribution is 6.33. The van der Waals surface area contributed by atoms with Gasteiger partial charge in [0.1, 0.15) is 11.3 Å². The molecule has 2 amide bonds. The molecule has 0 bridgehead atoms. The molecule has 0 atom stereocenters. The summed E-state index contributed by atoms with van der Waals surface area (Å²) in [5.41, 5.74) is 1.94. The predicted molar refractivity (Wildman–Crippen MR) is 85.7 cm³/mol. The van der Waals surface area contributed by atoms with Crippen molar-refractivity contribution in [1.82, 2.24) is 15.0 Å². The Morgan fingerprint density at radius 3 is 2.46 bits per heavy atom. The average molecular weight is 326 g/mol. The third-order valence-corrected chi connectivity index (χ3v) is 4.52. The molecule has 0 radical (unpaired) electrons. The zero-order chi connectivity index (χ0) is 16.8. The molecule has 1 aromatic heterocycles. The Morgan fingerprint density at radius 1 is 1.17 bits per heavy atom. The van der Waals surface area contributed by atoms with Crippen LogP contribution in [-0.2, 0) is 16.1 Å². The van der Waals surface area contributed by atoms with Crippen LogP contribution in [0.3, 0.4) is 0 Å². The number of hydrogen-bond acceptors (Lipinski definition) is 4. The first kappa shape index (κ1) is 14.7. The number of halogens is 1. The van der Waals surface area contributed by atoms with Gasteiger partial charge in [-0.15, -0.1) is 11.7 Å². The summed E-state index contributed by atoms with van der Waals surface area (Å²) in [6.07, 6.45) is 4.56. The van der Waals surface area contributed by atoms with Gasteiger partial charge in [0, 0.05) is 17.2 Å². The molecule has 24 heavy (non-hydrogen) atoms. The standard InChI is InChI=1S/C17H15FN4O2/c1-2-7-21-15-9-14(12(18)8-13(15)19-20-21)22-16(23)10-5-3-4-6-11(10)17(22)24/h2,8-9H,1,3-7H2. The molecule has 1 aromatic carbocycles. The molecule has 122 valence electrons. The second kappa shape index (κ2) is 5.36. The number of nitrogens with zero attached hydrogens (tertiary/aromatic N) is 4. The van der Waals surface area contributed by atoms with E-state index in [-0.39, 0.29) is 5.69 Å². The lowest BCUT2D eigenvalue weighted by Gasteiger charge is -2.16. The third kappa shape index (κ3) is 2.01. The Bertz CT molecular complexity index is 900. The fourth-order valence-electron chi connectivity index (χ4n) is 3.36. The Balaban J connectivity index is 1.83. The van der Waals surface area contributed by atoms with Crippen LogP contribution in [0.1, 0.15) is 25.7 Å². The van der Waals surface area contributed by atoms with Crippen molar-refractivity contribution in [2.24, 2.45) is 0 Å². The molecule has 0 saturated heterocycles. The zero-order valence-corrected chi connectivity index (χ0v) is 13.0. The van der Waals surface area contributed by atoms with Crippen LogP contribution in [0.15, 0.2) is 35.9 Å². The van der Waals surface area contributed by atoms with E-state index in [4.69, 9.17) is 0 Å². The average Bonchev–Trinajstić information content (AvgIpc) is 3.07. The highest BCUT2D eigenvalue weighted by Gasteiger charge is 2.40. The minimum Gasteiger partial charge on any atom is -0.269 e. The summed E-state index contributed by atoms with van der Waals surface area (Å²) in [7, 11) is 0. The quantitative estimate of drug-likeness (QED) is 0.642. The van der Waals surface area contributed by atoms with Crippen LogP contribution in [0.4, 0.5) is 10.1 Å². The van der Waals surface area contributed by atoms with Crippen LogP contribution in [0.2, 0.25) is 0 Å². The second-order valence-corrected chi connectivity index (χ2v) is 5.96. The van der Waals surface area contributed by atoms with Gasteiger partial charge in [-0.2, -0.15) is 0 Å². The van der Waals surface area contributed by atoms with Crippen molar-refractivity contribution in [1.29, 1.82) is 0 Å². The summed E-state index contributed by atoms with van der Waals surface area (Å²) >= 11 is 0. The van der Waals surface area contributed by atoms with Gasteiger partial charge in [-0.25, -0.2) is 14.0 Å². The van der Waals surface area contributed by atoms with Crippen LogP contribution in [0.25, 0.3) is 11.0 Å². The molecule has 6 nitrogen and oxygen atoms in total. The van der Waals surface area contributed by atoms with E-state index in [0.29, 0.717) is 41.6 Å². The lowest BCUT2D eigenvalue weighted by atomic mass is 9.93. The molecular weight excluding hydrogens is 311 g/mol. The van der Waals surface area contributed by atoms with E-state index in [1.54, 1.807) is 10.8 Å². The van der Waals surface area contributed by atoms with Gasteiger partial charge >= 0.3 is 0 Å². The number of benzene rings is 1. The molecule has 2 aliphatic rings. The van der Waals surface area contributed by atoms with E-state index in [2.05, 4.69) is 16.9 Å². The third-order valence-electron chi connectivity index (χ3n) is 4.52. The van der Waals surface area contributed by atoms with Gasteiger partial charge in [-0.05, 0) is 31.7 Å². The lowest BCUT2D eigenvalue weighted by Crippen LogP contribution is -2.32. The van der Waals surface area contributed by atoms with Crippen LogP contribution in [-0.4, -0.2) is 26.8 Å². The first-order chi connectivity index (χ1) is 11.6. The number of carbonyl (C=O) groups excluding carboxylic acids is 2.